The van der Waals surface area contributed by atoms with Gasteiger partial charge in [-0.1, -0.05) is 336 Å². The van der Waals surface area contributed by atoms with E-state index in [1.807, 2.05) is 276 Å². The van der Waals surface area contributed by atoms with Crippen molar-refractivity contribution in [2.24, 2.45) is 0 Å². The van der Waals surface area contributed by atoms with E-state index in [0.29, 0.717) is 44.5 Å². The third kappa shape index (κ3) is 11.0. The van der Waals surface area contributed by atoms with E-state index >= 15 is 0 Å². The molecule has 2 aliphatic rings. The quantitative estimate of drug-likeness (QED) is 0.113. The molecule has 0 aliphatic carbocycles. The maximum Gasteiger partial charge on any atom is 0.252 e. The Labute approximate surface area is 681 Å². The van der Waals surface area contributed by atoms with Crippen molar-refractivity contribution in [3.63, 3.8) is 0 Å². The van der Waals surface area contributed by atoms with E-state index in [1.54, 1.807) is 9.80 Å². The summed E-state index contributed by atoms with van der Waals surface area (Å²) >= 11 is 0. The van der Waals surface area contributed by atoms with Crippen LogP contribution < -0.4 is 26.2 Å². The molecule has 0 radical (unpaired) electrons. The number of para-hydroxylation sites is 6. The minimum absolute atomic E-state index is 0.0259. The van der Waals surface area contributed by atoms with Gasteiger partial charge in [0.25, 0.3) is 6.71 Å². The van der Waals surface area contributed by atoms with Crippen LogP contribution in [0.4, 0.5) is 34.1 Å². The van der Waals surface area contributed by atoms with E-state index in [0.717, 1.165) is 53.6 Å². The highest BCUT2D eigenvalue weighted by atomic mass is 15.2. The van der Waals surface area contributed by atoms with E-state index < -0.39 is 200 Å². The number of hydrogen-bond acceptors (Lipinski definition) is 2. The second-order valence-corrected chi connectivity index (χ2v) is 28.8. The molecular formula is C106H75BN4. The maximum absolute atomic E-state index is 11.9. The van der Waals surface area contributed by atoms with Gasteiger partial charge in [-0.3, -0.25) is 0 Å². The maximum atomic E-state index is 11.9. The van der Waals surface area contributed by atoms with Crippen LogP contribution in [0.15, 0.2) is 400 Å². The van der Waals surface area contributed by atoms with Crippen molar-refractivity contribution >= 4 is 101 Å². The number of fused-ring (bicyclic) bond motifs is 10. The normalized spacial score (nSPS) is 15.4. The number of nitrogens with zero attached hydrogens (tertiary/aromatic N) is 4. The highest BCUT2D eigenvalue weighted by Crippen LogP contribution is 2.55. The molecule has 0 fully saturated rings. The Balaban J connectivity index is 1.03. The zero-order chi connectivity index (χ0) is 94.7. The van der Waals surface area contributed by atoms with Gasteiger partial charge in [0.05, 0.1) is 66.3 Å². The van der Waals surface area contributed by atoms with Crippen LogP contribution in [0, 0.1) is 0 Å². The fraction of sp³-hybridized carbons (Fsp3) is 0.0377. The highest BCUT2D eigenvalue weighted by Gasteiger charge is 2.46. The molecule has 19 aromatic rings. The average molecular weight is 1440 g/mol. The van der Waals surface area contributed by atoms with Crippen molar-refractivity contribution < 1.29 is 32.9 Å². The van der Waals surface area contributed by atoms with Gasteiger partial charge in [-0.05, 0) is 179 Å². The van der Waals surface area contributed by atoms with Gasteiger partial charge in [0.1, 0.15) is 0 Å². The molecule has 0 N–H and O–H groups in total. The van der Waals surface area contributed by atoms with Crippen molar-refractivity contribution in [1.82, 2.24) is 9.13 Å². The summed E-state index contributed by atoms with van der Waals surface area (Å²) < 4.78 is 249. The zero-order valence-electron chi connectivity index (χ0n) is 84.1. The van der Waals surface area contributed by atoms with Crippen molar-refractivity contribution in [2.75, 3.05) is 9.80 Å². The van der Waals surface area contributed by atoms with Crippen molar-refractivity contribution in [2.45, 2.75) is 26.2 Å². The summed E-state index contributed by atoms with van der Waals surface area (Å²) in [6.07, 6.45) is 0. The summed E-state index contributed by atoms with van der Waals surface area (Å²) in [6.45, 7) is 3.53. The third-order valence-electron chi connectivity index (χ3n) is 21.3. The topological polar surface area (TPSA) is 16.3 Å². The summed E-state index contributed by atoms with van der Waals surface area (Å²) in [4.78, 5) is 3.34. The first-order chi connectivity index (χ1) is 64.7. The Bertz CT molecular complexity index is 7580. The second kappa shape index (κ2) is 26.4. The average Bonchev–Trinajstić information content (AvgIpc) is 1.57. The molecule has 2 aromatic heterocycles. The molecule has 5 heteroatoms. The lowest BCUT2D eigenvalue weighted by Crippen LogP contribution is -2.61. The van der Waals surface area contributed by atoms with Crippen LogP contribution in [0.5, 0.6) is 0 Å². The predicted molar refractivity (Wildman–Crippen MR) is 471 cm³/mol. The summed E-state index contributed by atoms with van der Waals surface area (Å²) in [5.41, 5.74) is 4.20. The van der Waals surface area contributed by atoms with Crippen LogP contribution >= 0.6 is 0 Å². The van der Waals surface area contributed by atoms with E-state index in [1.165, 1.54) is 0 Å². The van der Waals surface area contributed by atoms with Crippen LogP contribution in [-0.4, -0.2) is 15.8 Å². The summed E-state index contributed by atoms with van der Waals surface area (Å²) in [7, 11) is 0. The molecule has 0 spiro atoms. The van der Waals surface area contributed by atoms with Gasteiger partial charge in [-0.15, -0.1) is 0 Å². The molecule has 0 saturated carbocycles. The molecular weight excluding hydrogens is 1340 g/mol. The summed E-state index contributed by atoms with van der Waals surface area (Å²) in [5.74, 6) is 0. The summed E-state index contributed by atoms with van der Waals surface area (Å²) in [5, 5.41) is -1.66. The van der Waals surface area contributed by atoms with Gasteiger partial charge in [0.15, 0.2) is 0 Å². The number of hydrogen-bond donors (Lipinski definition) is 0. The monoisotopic (exact) mass is 1440 g/mol. The van der Waals surface area contributed by atoms with Crippen molar-refractivity contribution in [1.29, 1.82) is 0 Å². The van der Waals surface area contributed by atoms with Crippen LogP contribution in [-0.2, 0) is 5.41 Å². The number of benzene rings is 17. The third-order valence-corrected chi connectivity index (χ3v) is 21.3. The molecule has 0 bridgehead atoms. The molecule has 17 aromatic carbocycles. The van der Waals surface area contributed by atoms with E-state index in [2.05, 4.69) is 0 Å². The Hall–Kier alpha value is -14.0. The first-order valence-electron chi connectivity index (χ1n) is 48.7. The Morgan fingerprint density at radius 2 is 0.532 bits per heavy atom. The van der Waals surface area contributed by atoms with Crippen LogP contribution in [0.2, 0.25) is 0 Å². The smallest absolute Gasteiger partial charge is 0.252 e. The number of aromatic nitrogens is 2. The lowest BCUT2D eigenvalue weighted by Gasteiger charge is -2.46. The number of rotatable bonds is 12. The zero-order valence-corrected chi connectivity index (χ0v) is 60.1. The Morgan fingerprint density at radius 1 is 0.261 bits per heavy atom. The van der Waals surface area contributed by atoms with Crippen LogP contribution in [0.25, 0.3) is 144 Å². The van der Waals surface area contributed by atoms with Crippen LogP contribution in [0.3, 0.4) is 0 Å². The van der Waals surface area contributed by atoms with Crippen molar-refractivity contribution in [3.8, 4) is 100 Å². The minimum atomic E-state index is -1.95. The van der Waals surface area contributed by atoms with Crippen molar-refractivity contribution in [3.05, 3.63) is 405 Å². The SMILES string of the molecule is [2H]c1c([2H])c(-n2c3c([2H])c([2H])c([2H])c([2H])c3c3c([2H])c([2H])c([2H])c([2H])c32)c([2H])c2c1B1c3c([2H])c([2H])c(-n4c5c([2H])c([2H])c([2H])c([2H])c5c5c([2H])c([2H])c([2H])c([2H])c54)c([2H])c3N(c3c(-c4cccc(-c5ccccc5)c4)cccc3-c3cccc(-c4ccccc4)c3)c3c([2H])c(C(C)(C)C)c([2H])c(c31)N2c1c(-c2cccc(-c3ccccc3)c2)cccc1-c1cccc(-c2ccccc2)c1. The molecule has 0 unspecified atom stereocenters. The van der Waals surface area contributed by atoms with Gasteiger partial charge in [0, 0.05) is 77.9 Å². The van der Waals surface area contributed by atoms with Gasteiger partial charge in [-0.2, -0.15) is 0 Å². The van der Waals surface area contributed by atoms with Gasteiger partial charge < -0.3 is 18.9 Å². The molecule has 0 amide bonds. The molecule has 0 saturated heterocycles. The molecule has 111 heavy (non-hydrogen) atoms. The molecule has 522 valence electrons. The predicted octanol–water partition coefficient (Wildman–Crippen LogP) is 26.6. The van der Waals surface area contributed by atoms with Gasteiger partial charge in [0.2, 0.25) is 0 Å². The lowest BCUT2D eigenvalue weighted by atomic mass is 9.33. The first kappa shape index (κ1) is 45.0. The molecule has 2 aliphatic heterocycles. The number of anilines is 6. The van der Waals surface area contributed by atoms with Crippen LogP contribution in [0.1, 0.15) is 59.2 Å². The van der Waals surface area contributed by atoms with E-state index in [9.17, 15) is 32.9 Å². The Kier molecular flexibility index (Phi) is 10.7. The van der Waals surface area contributed by atoms with Gasteiger partial charge >= 0.3 is 0 Å². The van der Waals surface area contributed by atoms with E-state index in [4.69, 9.17) is 0 Å². The highest BCUT2D eigenvalue weighted by molar-refractivity contribution is 7.00. The standard InChI is InChI=1S/C106H75BN4/c1-106(2,3)82-66-101-103-102(67-82)111(105-87(80-44-26-40-76(64-80)72-34-12-6-13-35-72)52-29-53-88(105)81-45-27-41-77(65-81)73-36-14-7-15-37-73)100-69-84(109-97-56-22-18-48-91(97)92-49-19-23-57-98(92)109)59-61-94(100)107(103)93-60-58-83(108-95-54-20-16-46-89(95)90-47-17-21-55-96(90)108)68-99(93)110(101)104-85(78-42-24-38-74(62-78)70-30-8-4-9-31-70)50-28-51-86(104)79-43-25-39-75(63-79)71-32-10-5-11-33-71/h4-69H,1-3H3/i16D,17D,18D,19D,20D,21D,22D,23D,46D,47D,48D,49D,54D,55D,56D,57D,58D,59D,60D,61D,66D,67D,68D,69D. The second-order valence-electron chi connectivity index (χ2n) is 28.8. The largest absolute Gasteiger partial charge is 0.310 e. The molecule has 0 atom stereocenters. The fourth-order valence-electron chi connectivity index (χ4n) is 16.2. The first-order valence-corrected chi connectivity index (χ1v) is 36.7. The lowest BCUT2D eigenvalue weighted by molar-refractivity contribution is 0.590. The Morgan fingerprint density at radius 3 is 0.829 bits per heavy atom. The molecule has 4 heterocycles. The minimum Gasteiger partial charge on any atom is -0.310 e. The summed E-state index contributed by atoms with van der Waals surface area (Å²) in [6, 6.07) is 62.6. The molecule has 4 nitrogen and oxygen atoms in total. The van der Waals surface area contributed by atoms with E-state index in [-0.39, 0.29) is 68.2 Å². The molecule has 21 rings (SSSR count). The fourth-order valence-corrected chi connectivity index (χ4v) is 16.2. The van der Waals surface area contributed by atoms with Gasteiger partial charge in [-0.25, -0.2) is 0 Å².